The maximum Gasteiger partial charge on any atom is 0.118 e. The highest BCUT2D eigenvalue weighted by molar-refractivity contribution is 5.51. The van der Waals surface area contributed by atoms with Gasteiger partial charge in [-0.3, -0.25) is 0 Å². The van der Waals surface area contributed by atoms with Crippen molar-refractivity contribution in [2.45, 2.75) is 12.3 Å². The number of hydrogen-bond donors (Lipinski definition) is 1. The van der Waals surface area contributed by atoms with Crippen molar-refractivity contribution in [3.63, 3.8) is 0 Å². The lowest BCUT2D eigenvalue weighted by atomic mass is 9.71. The summed E-state index contributed by atoms with van der Waals surface area (Å²) in [6.07, 6.45) is 0. The van der Waals surface area contributed by atoms with E-state index in [-0.39, 0.29) is 5.41 Å². The Labute approximate surface area is 155 Å². The molecule has 0 bridgehead atoms. The molecule has 0 atom stereocenters. The Hall–Kier alpha value is -3.07. The van der Waals surface area contributed by atoms with Gasteiger partial charge in [0.2, 0.25) is 0 Å². The van der Waals surface area contributed by atoms with Crippen LogP contribution in [-0.4, -0.2) is 20.9 Å². The maximum absolute atomic E-state index is 5.50. The summed E-state index contributed by atoms with van der Waals surface area (Å²) in [5.41, 5.74) is 3.44. The average Bonchev–Trinajstić information content (AvgIpc) is 2.75. The summed E-state index contributed by atoms with van der Waals surface area (Å²) >= 11 is 0. The van der Waals surface area contributed by atoms with E-state index in [1.54, 1.807) is 14.2 Å². The molecule has 0 saturated carbocycles. The third kappa shape index (κ3) is 3.77. The molecule has 0 aromatic heterocycles. The Morgan fingerprint density at radius 3 is 1.31 bits per heavy atom. The Bertz CT molecular complexity index is 748. The third-order valence-electron chi connectivity index (χ3n) is 4.69. The van der Waals surface area contributed by atoms with E-state index in [0.717, 1.165) is 11.5 Å². The van der Waals surface area contributed by atoms with Gasteiger partial charge < -0.3 is 14.9 Å². The Morgan fingerprint density at radius 2 is 0.962 bits per heavy atom. The van der Waals surface area contributed by atoms with E-state index >= 15 is 0 Å². The number of rotatable bonds is 5. The lowest BCUT2D eigenvalue weighted by molar-refractivity contribution is 0.414. The molecule has 3 heteroatoms. The standard InChI is InChI=1S/C22H22O2.CH3N/c1-22(17-7-5-4-6-8-17,18-9-13-20(23-2)14-10-18)19-11-15-21(24-3)16-12-19;1-2/h4-16H,1-3H3;2H,1H2. The lowest BCUT2D eigenvalue weighted by Gasteiger charge is -2.32. The molecule has 0 radical (unpaired) electrons. The van der Waals surface area contributed by atoms with Crippen molar-refractivity contribution in [1.29, 1.82) is 5.41 Å². The topological polar surface area (TPSA) is 42.3 Å². The Balaban J connectivity index is 0.00000117. The van der Waals surface area contributed by atoms with E-state index in [2.05, 4.69) is 62.2 Å². The molecule has 3 aromatic rings. The van der Waals surface area contributed by atoms with Gasteiger partial charge in [-0.1, -0.05) is 54.6 Å². The van der Waals surface area contributed by atoms with Crippen molar-refractivity contribution in [1.82, 2.24) is 0 Å². The summed E-state index contributed by atoms with van der Waals surface area (Å²) in [7, 11) is 3.38. The largest absolute Gasteiger partial charge is 0.497 e. The first-order chi connectivity index (χ1) is 12.7. The van der Waals surface area contributed by atoms with E-state index in [9.17, 15) is 0 Å². The van der Waals surface area contributed by atoms with Gasteiger partial charge in [0.05, 0.1) is 14.2 Å². The highest BCUT2D eigenvalue weighted by Gasteiger charge is 2.31. The van der Waals surface area contributed by atoms with Gasteiger partial charge in [-0.2, -0.15) is 0 Å². The Kier molecular flexibility index (Phi) is 6.56. The predicted octanol–water partition coefficient (Wildman–Crippen LogP) is 5.32. The SMILES string of the molecule is C=N.COc1ccc(C(C)(c2ccccc2)c2ccc(OC)cc2)cc1. The number of hydrogen-bond acceptors (Lipinski definition) is 3. The fraction of sp³-hybridized carbons (Fsp3) is 0.174. The van der Waals surface area contributed by atoms with Crippen LogP contribution < -0.4 is 9.47 Å². The van der Waals surface area contributed by atoms with Crippen molar-refractivity contribution in [3.05, 3.63) is 95.6 Å². The van der Waals surface area contributed by atoms with Crippen LogP contribution in [0.25, 0.3) is 0 Å². The van der Waals surface area contributed by atoms with Crippen molar-refractivity contribution in [3.8, 4) is 11.5 Å². The van der Waals surface area contributed by atoms with Crippen molar-refractivity contribution >= 4 is 6.72 Å². The normalized spacial score (nSPS) is 10.4. The van der Waals surface area contributed by atoms with Crippen LogP contribution in [0.15, 0.2) is 78.9 Å². The minimum absolute atomic E-state index is 0.250. The van der Waals surface area contributed by atoms with Gasteiger partial charge in [-0.15, -0.1) is 0 Å². The quantitative estimate of drug-likeness (QED) is 0.501. The van der Waals surface area contributed by atoms with Gasteiger partial charge in [0.25, 0.3) is 0 Å². The van der Waals surface area contributed by atoms with Gasteiger partial charge >= 0.3 is 0 Å². The molecule has 3 aromatic carbocycles. The number of benzene rings is 3. The summed E-state index contributed by atoms with van der Waals surface area (Å²) in [6.45, 7) is 4.76. The third-order valence-corrected chi connectivity index (χ3v) is 4.69. The van der Waals surface area contributed by atoms with Crippen LogP contribution in [0.3, 0.4) is 0 Å². The van der Waals surface area contributed by atoms with E-state index < -0.39 is 0 Å². The molecule has 134 valence electrons. The van der Waals surface area contributed by atoms with Gasteiger partial charge in [-0.25, -0.2) is 0 Å². The van der Waals surface area contributed by atoms with E-state index in [0.29, 0.717) is 0 Å². The molecule has 0 aliphatic rings. The van der Waals surface area contributed by atoms with Crippen molar-refractivity contribution in [2.24, 2.45) is 0 Å². The molecule has 0 unspecified atom stereocenters. The zero-order chi connectivity index (χ0) is 19.0. The zero-order valence-corrected chi connectivity index (χ0v) is 15.5. The lowest BCUT2D eigenvalue weighted by Crippen LogP contribution is -2.25. The van der Waals surface area contributed by atoms with E-state index in [1.165, 1.54) is 16.7 Å². The molecule has 0 spiro atoms. The molecule has 0 fully saturated rings. The van der Waals surface area contributed by atoms with Crippen LogP contribution in [0, 0.1) is 5.41 Å². The Morgan fingerprint density at radius 1 is 0.615 bits per heavy atom. The summed E-state index contributed by atoms with van der Waals surface area (Å²) in [6, 6.07) is 27.2. The molecule has 3 nitrogen and oxygen atoms in total. The molecule has 3 rings (SSSR count). The van der Waals surface area contributed by atoms with Crippen LogP contribution in [-0.2, 0) is 5.41 Å². The molecule has 0 heterocycles. The van der Waals surface area contributed by atoms with E-state index in [4.69, 9.17) is 14.9 Å². The van der Waals surface area contributed by atoms with Crippen LogP contribution in [0.5, 0.6) is 11.5 Å². The van der Waals surface area contributed by atoms with Crippen molar-refractivity contribution < 1.29 is 9.47 Å². The first kappa shape index (κ1) is 19.3. The summed E-state index contributed by atoms with van der Waals surface area (Å²) in [4.78, 5) is 0. The van der Waals surface area contributed by atoms with Gasteiger partial charge in [-0.05, 0) is 54.6 Å². The molecule has 26 heavy (non-hydrogen) atoms. The predicted molar refractivity (Wildman–Crippen MR) is 108 cm³/mol. The number of ether oxygens (including phenoxy) is 2. The maximum atomic E-state index is 5.50. The molecule has 0 saturated heterocycles. The second kappa shape index (κ2) is 8.86. The second-order valence-corrected chi connectivity index (χ2v) is 5.95. The molecule has 0 aliphatic heterocycles. The molecule has 0 aliphatic carbocycles. The fourth-order valence-corrected chi connectivity index (χ4v) is 3.12. The first-order valence-corrected chi connectivity index (χ1v) is 8.38. The van der Waals surface area contributed by atoms with Crippen LogP contribution >= 0.6 is 0 Å². The summed E-state index contributed by atoms with van der Waals surface area (Å²) in [5.74, 6) is 1.73. The van der Waals surface area contributed by atoms with Crippen LogP contribution in [0.4, 0.5) is 0 Å². The summed E-state index contributed by atoms with van der Waals surface area (Å²) in [5, 5.41) is 5.50. The average molecular weight is 347 g/mol. The van der Waals surface area contributed by atoms with Crippen LogP contribution in [0.2, 0.25) is 0 Å². The fourth-order valence-electron chi connectivity index (χ4n) is 3.12. The van der Waals surface area contributed by atoms with Crippen LogP contribution in [0.1, 0.15) is 23.6 Å². The zero-order valence-electron chi connectivity index (χ0n) is 15.5. The molecular formula is C23H25NO2. The molecule has 1 N–H and O–H groups in total. The minimum Gasteiger partial charge on any atom is -0.497 e. The highest BCUT2D eigenvalue weighted by Crippen LogP contribution is 2.39. The second-order valence-electron chi connectivity index (χ2n) is 5.95. The van der Waals surface area contributed by atoms with Gasteiger partial charge in [0, 0.05) is 5.41 Å². The highest BCUT2D eigenvalue weighted by atomic mass is 16.5. The number of nitrogens with one attached hydrogen (secondary N) is 1. The van der Waals surface area contributed by atoms with Crippen molar-refractivity contribution in [2.75, 3.05) is 14.2 Å². The smallest absolute Gasteiger partial charge is 0.118 e. The van der Waals surface area contributed by atoms with Gasteiger partial charge in [0.1, 0.15) is 11.5 Å². The van der Waals surface area contributed by atoms with E-state index in [1.807, 2.05) is 30.3 Å². The summed E-state index contributed by atoms with van der Waals surface area (Å²) < 4.78 is 10.6. The minimum atomic E-state index is -0.250. The molecule has 0 amide bonds. The van der Waals surface area contributed by atoms with Gasteiger partial charge in [0.15, 0.2) is 0 Å². The monoisotopic (exact) mass is 347 g/mol. The molecular weight excluding hydrogens is 322 g/mol. The number of methoxy groups -OCH3 is 2. The first-order valence-electron chi connectivity index (χ1n) is 8.38.